The summed E-state index contributed by atoms with van der Waals surface area (Å²) in [7, 11) is 0. The van der Waals surface area contributed by atoms with E-state index in [9.17, 15) is 4.39 Å². The second kappa shape index (κ2) is 2.82. The van der Waals surface area contributed by atoms with E-state index in [0.717, 1.165) is 0 Å². The zero-order valence-electron chi connectivity index (χ0n) is 5.70. The van der Waals surface area contributed by atoms with Crippen LogP contribution in [0.5, 0.6) is 0 Å². The van der Waals surface area contributed by atoms with Crippen molar-refractivity contribution in [2.75, 3.05) is 6.61 Å². The van der Waals surface area contributed by atoms with Crippen LogP contribution in [-0.4, -0.2) is 41.3 Å². The molecule has 1 fully saturated rings. The largest absolute Gasteiger partial charge is 0.394 e. The Morgan fingerprint density at radius 2 is 2.20 bits per heavy atom. The Bertz CT molecular complexity index is 120. The van der Waals surface area contributed by atoms with Gasteiger partial charge in [-0.05, 0) is 6.92 Å². The minimum absolute atomic E-state index is 0.372. The van der Waals surface area contributed by atoms with E-state index in [-0.39, 0.29) is 6.61 Å². The van der Waals surface area contributed by atoms with Crippen molar-refractivity contribution in [1.82, 2.24) is 0 Å². The Labute approximate surface area is 58.4 Å². The summed E-state index contributed by atoms with van der Waals surface area (Å²) >= 11 is 0. The lowest BCUT2D eigenvalue weighted by molar-refractivity contribution is -0.00429. The van der Waals surface area contributed by atoms with Gasteiger partial charge in [0.2, 0.25) is 0 Å². The molecule has 2 N–H and O–H groups in total. The van der Waals surface area contributed by atoms with E-state index in [0.29, 0.717) is 0 Å². The smallest absolute Gasteiger partial charge is 0.157 e. The third-order valence-electron chi connectivity index (χ3n) is 1.73. The summed E-state index contributed by atoms with van der Waals surface area (Å²) in [6.07, 6.45) is -3.88. The first-order valence-corrected chi connectivity index (χ1v) is 3.25. The van der Waals surface area contributed by atoms with E-state index in [1.807, 2.05) is 0 Å². The van der Waals surface area contributed by atoms with Crippen molar-refractivity contribution in [3.63, 3.8) is 0 Å². The van der Waals surface area contributed by atoms with Gasteiger partial charge in [-0.2, -0.15) is 0 Å². The SMILES string of the molecule is C[C@@H]1O[C@H](CO)[C@@H](F)C1O. The van der Waals surface area contributed by atoms with Gasteiger partial charge < -0.3 is 14.9 Å². The highest BCUT2D eigenvalue weighted by molar-refractivity contribution is 4.88. The van der Waals surface area contributed by atoms with Crippen molar-refractivity contribution in [2.24, 2.45) is 0 Å². The number of alkyl halides is 1. The number of rotatable bonds is 1. The van der Waals surface area contributed by atoms with Crippen molar-refractivity contribution >= 4 is 0 Å². The summed E-state index contributed by atoms with van der Waals surface area (Å²) in [4.78, 5) is 0. The number of aliphatic hydroxyl groups is 2. The highest BCUT2D eigenvalue weighted by Gasteiger charge is 2.41. The highest BCUT2D eigenvalue weighted by Crippen LogP contribution is 2.22. The summed E-state index contributed by atoms with van der Waals surface area (Å²) < 4.78 is 17.6. The molecular formula is C6H11FO3. The molecule has 1 aliphatic heterocycles. The Kier molecular flexibility index (Phi) is 2.23. The molecule has 10 heavy (non-hydrogen) atoms. The average Bonchev–Trinajstić information content (AvgIpc) is 2.17. The van der Waals surface area contributed by atoms with Crippen LogP contribution in [0, 0.1) is 0 Å². The number of hydrogen-bond donors (Lipinski definition) is 2. The number of hydrogen-bond acceptors (Lipinski definition) is 3. The van der Waals surface area contributed by atoms with Crippen LogP contribution in [-0.2, 0) is 4.74 Å². The number of ether oxygens (including phenoxy) is 1. The molecule has 1 saturated heterocycles. The van der Waals surface area contributed by atoms with Gasteiger partial charge >= 0.3 is 0 Å². The van der Waals surface area contributed by atoms with Crippen LogP contribution in [0.3, 0.4) is 0 Å². The van der Waals surface area contributed by atoms with Crippen LogP contribution >= 0.6 is 0 Å². The Hall–Kier alpha value is -0.190. The lowest BCUT2D eigenvalue weighted by Gasteiger charge is -2.07. The lowest BCUT2D eigenvalue weighted by atomic mass is 10.1. The van der Waals surface area contributed by atoms with Gasteiger partial charge in [-0.15, -0.1) is 0 Å². The standard InChI is InChI=1S/C6H11FO3/c1-3-6(9)5(7)4(2-8)10-3/h3-6,8-9H,2H2,1H3/t3-,4+,5+,6?/m0/s1. The molecule has 1 heterocycles. The van der Waals surface area contributed by atoms with Crippen molar-refractivity contribution in [3.8, 4) is 0 Å². The van der Waals surface area contributed by atoms with Gasteiger partial charge in [-0.3, -0.25) is 0 Å². The van der Waals surface area contributed by atoms with Gasteiger partial charge in [-0.25, -0.2) is 4.39 Å². The van der Waals surface area contributed by atoms with Gasteiger partial charge in [-0.1, -0.05) is 0 Å². The highest BCUT2D eigenvalue weighted by atomic mass is 19.1. The van der Waals surface area contributed by atoms with Crippen LogP contribution < -0.4 is 0 Å². The van der Waals surface area contributed by atoms with Crippen molar-refractivity contribution in [1.29, 1.82) is 0 Å². The lowest BCUT2D eigenvalue weighted by Crippen LogP contribution is -2.29. The number of halogens is 1. The van der Waals surface area contributed by atoms with Crippen LogP contribution in [0.25, 0.3) is 0 Å². The first kappa shape index (κ1) is 7.91. The zero-order valence-corrected chi connectivity index (χ0v) is 5.70. The summed E-state index contributed by atoms with van der Waals surface area (Å²) in [5, 5.41) is 17.5. The van der Waals surface area contributed by atoms with Crippen LogP contribution in [0.4, 0.5) is 4.39 Å². The van der Waals surface area contributed by atoms with Gasteiger partial charge in [0.25, 0.3) is 0 Å². The number of aliphatic hydroxyl groups excluding tert-OH is 2. The predicted octanol–water partition coefficient (Wildman–Crippen LogP) is -0.535. The van der Waals surface area contributed by atoms with Gasteiger partial charge in [0.1, 0.15) is 12.2 Å². The monoisotopic (exact) mass is 150 g/mol. The third-order valence-corrected chi connectivity index (χ3v) is 1.73. The molecule has 0 bridgehead atoms. The zero-order chi connectivity index (χ0) is 7.72. The van der Waals surface area contributed by atoms with E-state index in [4.69, 9.17) is 14.9 Å². The van der Waals surface area contributed by atoms with E-state index in [2.05, 4.69) is 0 Å². The molecular weight excluding hydrogens is 139 g/mol. The van der Waals surface area contributed by atoms with Crippen molar-refractivity contribution < 1.29 is 19.3 Å². The molecule has 60 valence electrons. The van der Waals surface area contributed by atoms with E-state index in [1.54, 1.807) is 6.92 Å². The van der Waals surface area contributed by atoms with Crippen LogP contribution in [0.1, 0.15) is 6.92 Å². The Morgan fingerprint density at radius 1 is 1.60 bits per heavy atom. The van der Waals surface area contributed by atoms with Gasteiger partial charge in [0.05, 0.1) is 12.7 Å². The van der Waals surface area contributed by atoms with Crippen LogP contribution in [0.15, 0.2) is 0 Å². The summed E-state index contributed by atoms with van der Waals surface area (Å²) in [5.74, 6) is 0. The molecule has 4 atom stereocenters. The molecule has 0 aliphatic carbocycles. The molecule has 1 aliphatic rings. The second-order valence-electron chi connectivity index (χ2n) is 2.50. The van der Waals surface area contributed by atoms with Crippen molar-refractivity contribution in [3.05, 3.63) is 0 Å². The van der Waals surface area contributed by atoms with Gasteiger partial charge in [0.15, 0.2) is 6.17 Å². The van der Waals surface area contributed by atoms with E-state index in [1.165, 1.54) is 0 Å². The normalized spacial score (nSPS) is 48.0. The van der Waals surface area contributed by atoms with Crippen LogP contribution in [0.2, 0.25) is 0 Å². The maximum Gasteiger partial charge on any atom is 0.157 e. The molecule has 0 aromatic rings. The molecule has 0 saturated carbocycles. The Balaban J connectivity index is 2.53. The second-order valence-corrected chi connectivity index (χ2v) is 2.50. The first-order chi connectivity index (χ1) is 4.66. The molecule has 4 heteroatoms. The fourth-order valence-electron chi connectivity index (χ4n) is 1.05. The molecule has 0 radical (unpaired) electrons. The topological polar surface area (TPSA) is 49.7 Å². The summed E-state index contributed by atoms with van der Waals surface area (Å²) in [5.41, 5.74) is 0. The predicted molar refractivity (Wildman–Crippen MR) is 32.3 cm³/mol. The molecule has 0 aromatic heterocycles. The third kappa shape index (κ3) is 1.14. The average molecular weight is 150 g/mol. The van der Waals surface area contributed by atoms with Gasteiger partial charge in [0, 0.05) is 0 Å². The van der Waals surface area contributed by atoms with E-state index < -0.39 is 24.5 Å². The summed E-state index contributed by atoms with van der Waals surface area (Å²) in [6.45, 7) is 1.20. The Morgan fingerprint density at radius 3 is 2.40 bits per heavy atom. The first-order valence-electron chi connectivity index (χ1n) is 3.25. The molecule has 0 aromatic carbocycles. The van der Waals surface area contributed by atoms with Crippen molar-refractivity contribution in [2.45, 2.75) is 31.4 Å². The fraction of sp³-hybridized carbons (Fsp3) is 1.00. The molecule has 0 spiro atoms. The molecule has 1 rings (SSSR count). The molecule has 0 amide bonds. The van der Waals surface area contributed by atoms with E-state index >= 15 is 0 Å². The minimum atomic E-state index is -1.44. The maximum atomic E-state index is 12.7. The molecule has 3 nitrogen and oxygen atoms in total. The summed E-state index contributed by atoms with van der Waals surface area (Å²) in [6, 6.07) is 0. The maximum absolute atomic E-state index is 12.7. The minimum Gasteiger partial charge on any atom is -0.394 e. The fourth-order valence-corrected chi connectivity index (χ4v) is 1.05. The molecule has 1 unspecified atom stereocenters. The quantitative estimate of drug-likeness (QED) is 0.528.